The monoisotopic (exact) mass is 325 g/mol. The maximum atomic E-state index is 12.6. The maximum Gasteiger partial charge on any atom is 0.254 e. The minimum absolute atomic E-state index is 0.103. The minimum Gasteiger partial charge on any atom is -0.494 e. The van der Waals surface area contributed by atoms with Gasteiger partial charge in [-0.25, -0.2) is 0 Å². The van der Waals surface area contributed by atoms with Crippen molar-refractivity contribution in [3.05, 3.63) is 45.2 Å². The molecule has 0 fully saturated rings. The summed E-state index contributed by atoms with van der Waals surface area (Å²) in [5.41, 5.74) is 2.59. The molecule has 2 heterocycles. The molecule has 1 aromatic heterocycles. The molecule has 110 valence electrons. The molecule has 0 unspecified atom stereocenters. The number of nitrogens with one attached hydrogen (secondary N) is 1. The van der Waals surface area contributed by atoms with Crippen molar-refractivity contribution >= 4 is 29.1 Å². The van der Waals surface area contributed by atoms with Crippen LogP contribution >= 0.6 is 23.2 Å². The number of aromatic nitrogens is 2. The largest absolute Gasteiger partial charge is 0.494 e. The van der Waals surface area contributed by atoms with Crippen molar-refractivity contribution in [1.82, 2.24) is 15.1 Å². The Bertz CT molecular complexity index is 676. The quantitative estimate of drug-likeness (QED) is 0.923. The van der Waals surface area contributed by atoms with E-state index >= 15 is 0 Å². The summed E-state index contributed by atoms with van der Waals surface area (Å²) >= 11 is 12.2. The highest BCUT2D eigenvalue weighted by molar-refractivity contribution is 6.37. The van der Waals surface area contributed by atoms with Gasteiger partial charge in [0.25, 0.3) is 5.91 Å². The lowest BCUT2D eigenvalue weighted by Gasteiger charge is -2.26. The smallest absolute Gasteiger partial charge is 0.254 e. The molecule has 0 atom stereocenters. The molecule has 5 nitrogen and oxygen atoms in total. The third-order valence-corrected chi connectivity index (χ3v) is 4.10. The van der Waals surface area contributed by atoms with Crippen LogP contribution in [0.15, 0.2) is 18.3 Å². The fourth-order valence-corrected chi connectivity index (χ4v) is 3.10. The van der Waals surface area contributed by atoms with Gasteiger partial charge in [-0.05, 0) is 12.1 Å². The zero-order valence-electron chi connectivity index (χ0n) is 11.3. The molecule has 21 heavy (non-hydrogen) atoms. The van der Waals surface area contributed by atoms with Crippen molar-refractivity contribution in [3.63, 3.8) is 0 Å². The van der Waals surface area contributed by atoms with Gasteiger partial charge < -0.3 is 9.64 Å². The second-order valence-electron chi connectivity index (χ2n) is 4.82. The summed E-state index contributed by atoms with van der Waals surface area (Å²) in [6, 6.07) is 3.17. The third-order valence-electron chi connectivity index (χ3n) is 3.54. The number of ether oxygens (including phenoxy) is 1. The van der Waals surface area contributed by atoms with E-state index in [-0.39, 0.29) is 5.91 Å². The van der Waals surface area contributed by atoms with Gasteiger partial charge in [-0.2, -0.15) is 5.10 Å². The van der Waals surface area contributed by atoms with Crippen LogP contribution in [0, 0.1) is 0 Å². The zero-order valence-corrected chi connectivity index (χ0v) is 12.8. The lowest BCUT2D eigenvalue weighted by atomic mass is 10.1. The van der Waals surface area contributed by atoms with Gasteiger partial charge in [0.2, 0.25) is 0 Å². The minimum atomic E-state index is -0.103. The average Bonchev–Trinajstić information content (AvgIpc) is 2.93. The summed E-state index contributed by atoms with van der Waals surface area (Å²) in [5, 5.41) is 7.60. The van der Waals surface area contributed by atoms with E-state index in [9.17, 15) is 4.79 Å². The highest BCUT2D eigenvalue weighted by atomic mass is 35.5. The van der Waals surface area contributed by atoms with Crippen LogP contribution in [0.25, 0.3) is 0 Å². The number of hydrogen-bond donors (Lipinski definition) is 1. The number of halogens is 2. The summed E-state index contributed by atoms with van der Waals surface area (Å²) in [6.45, 7) is 1.17. The fourth-order valence-electron chi connectivity index (χ4n) is 2.46. The molecular weight excluding hydrogens is 313 g/mol. The summed E-state index contributed by atoms with van der Waals surface area (Å²) in [4.78, 5) is 14.3. The molecule has 3 rings (SSSR count). The number of rotatable bonds is 2. The molecule has 1 aliphatic heterocycles. The lowest BCUT2D eigenvalue weighted by molar-refractivity contribution is 0.0734. The van der Waals surface area contributed by atoms with E-state index in [0.717, 1.165) is 17.7 Å². The van der Waals surface area contributed by atoms with Gasteiger partial charge in [0.05, 0.1) is 23.4 Å². The van der Waals surface area contributed by atoms with Crippen LogP contribution in [0.2, 0.25) is 10.0 Å². The third kappa shape index (κ3) is 2.59. The molecule has 7 heteroatoms. The number of benzene rings is 1. The Labute approximate surface area is 131 Å². The van der Waals surface area contributed by atoms with Crippen LogP contribution in [-0.4, -0.2) is 34.7 Å². The second-order valence-corrected chi connectivity index (χ2v) is 5.64. The van der Waals surface area contributed by atoms with E-state index < -0.39 is 0 Å². The molecule has 0 saturated heterocycles. The number of nitrogens with zero attached hydrogens (tertiary/aromatic N) is 2. The van der Waals surface area contributed by atoms with E-state index in [1.54, 1.807) is 23.2 Å². The molecule has 0 bridgehead atoms. The Morgan fingerprint density at radius 1 is 1.38 bits per heavy atom. The summed E-state index contributed by atoms with van der Waals surface area (Å²) in [7, 11) is 1.49. The number of fused-ring (bicyclic) bond motifs is 1. The molecule has 0 spiro atoms. The van der Waals surface area contributed by atoms with Crippen molar-refractivity contribution in [2.45, 2.75) is 13.0 Å². The van der Waals surface area contributed by atoms with E-state index in [1.807, 2.05) is 0 Å². The number of amides is 1. The van der Waals surface area contributed by atoms with Crippen LogP contribution < -0.4 is 4.74 Å². The van der Waals surface area contributed by atoms with Crippen molar-refractivity contribution in [1.29, 1.82) is 0 Å². The Morgan fingerprint density at radius 2 is 2.10 bits per heavy atom. The first-order valence-corrected chi connectivity index (χ1v) is 7.19. The normalized spacial score (nSPS) is 14.0. The molecule has 0 aliphatic carbocycles. The van der Waals surface area contributed by atoms with Gasteiger partial charge >= 0.3 is 0 Å². The van der Waals surface area contributed by atoms with Crippen molar-refractivity contribution in [2.24, 2.45) is 0 Å². The van der Waals surface area contributed by atoms with Gasteiger partial charge in [-0.15, -0.1) is 0 Å². The predicted molar refractivity (Wildman–Crippen MR) is 80.0 cm³/mol. The van der Waals surface area contributed by atoms with Crippen LogP contribution in [0.5, 0.6) is 5.75 Å². The molecule has 1 aliphatic rings. The Hall–Kier alpha value is -1.72. The van der Waals surface area contributed by atoms with Crippen LogP contribution in [0.3, 0.4) is 0 Å². The number of carbonyl (C=O) groups excluding carboxylic acids is 1. The molecule has 0 saturated carbocycles. The fraction of sp³-hybridized carbons (Fsp3) is 0.286. The standard InChI is InChI=1S/C14H13Cl2N3O2/c1-21-13-10(15)4-8(5-11(13)16)14(20)19-3-2-12-9(7-19)6-17-18-12/h4-6H,2-3,7H2,1H3,(H,17,18). The van der Waals surface area contributed by atoms with E-state index in [4.69, 9.17) is 27.9 Å². The molecule has 1 amide bonds. The first-order chi connectivity index (χ1) is 10.1. The van der Waals surface area contributed by atoms with Gasteiger partial charge in [-0.3, -0.25) is 9.89 Å². The van der Waals surface area contributed by atoms with Crippen LogP contribution in [-0.2, 0) is 13.0 Å². The summed E-state index contributed by atoms with van der Waals surface area (Å²) in [6.07, 6.45) is 2.52. The number of hydrogen-bond acceptors (Lipinski definition) is 3. The van der Waals surface area contributed by atoms with E-state index in [1.165, 1.54) is 7.11 Å². The average molecular weight is 326 g/mol. The number of H-pyrrole nitrogens is 1. The maximum absolute atomic E-state index is 12.6. The molecule has 1 N–H and O–H groups in total. The van der Waals surface area contributed by atoms with Gasteiger partial charge in [-0.1, -0.05) is 23.2 Å². The first-order valence-electron chi connectivity index (χ1n) is 6.43. The highest BCUT2D eigenvalue weighted by Gasteiger charge is 2.24. The Kier molecular flexibility index (Phi) is 3.78. The van der Waals surface area contributed by atoms with Crippen molar-refractivity contribution in [3.8, 4) is 5.75 Å². The SMILES string of the molecule is COc1c(Cl)cc(C(=O)N2CCc3[nH]ncc3C2)cc1Cl. The van der Waals surface area contributed by atoms with Gasteiger partial charge in [0.15, 0.2) is 5.75 Å². The molecule has 2 aromatic rings. The molecule has 1 aromatic carbocycles. The second kappa shape index (κ2) is 5.58. The molecular formula is C14H13Cl2N3O2. The summed E-state index contributed by atoms with van der Waals surface area (Å²) < 4.78 is 5.09. The number of methoxy groups -OCH3 is 1. The zero-order chi connectivity index (χ0) is 15.0. The number of aromatic amines is 1. The number of carbonyl (C=O) groups is 1. The first kappa shape index (κ1) is 14.2. The van der Waals surface area contributed by atoms with Crippen LogP contribution in [0.1, 0.15) is 21.6 Å². The van der Waals surface area contributed by atoms with Gasteiger partial charge in [0, 0.05) is 36.3 Å². The van der Waals surface area contributed by atoms with E-state index in [0.29, 0.717) is 34.4 Å². The molecule has 0 radical (unpaired) electrons. The Morgan fingerprint density at radius 3 is 2.76 bits per heavy atom. The summed E-state index contributed by atoms with van der Waals surface area (Å²) in [5.74, 6) is 0.277. The predicted octanol–water partition coefficient (Wildman–Crippen LogP) is 2.92. The van der Waals surface area contributed by atoms with Crippen molar-refractivity contribution < 1.29 is 9.53 Å². The van der Waals surface area contributed by atoms with Crippen LogP contribution in [0.4, 0.5) is 0 Å². The Balaban J connectivity index is 1.86. The van der Waals surface area contributed by atoms with Gasteiger partial charge in [0.1, 0.15) is 0 Å². The topological polar surface area (TPSA) is 58.2 Å². The highest BCUT2D eigenvalue weighted by Crippen LogP contribution is 2.34. The van der Waals surface area contributed by atoms with Crippen molar-refractivity contribution in [2.75, 3.05) is 13.7 Å². The van der Waals surface area contributed by atoms with E-state index in [2.05, 4.69) is 10.2 Å². The lowest BCUT2D eigenvalue weighted by Crippen LogP contribution is -2.35.